The minimum absolute atomic E-state index is 0.0251. The summed E-state index contributed by atoms with van der Waals surface area (Å²) in [5, 5.41) is 0. The lowest BCUT2D eigenvalue weighted by molar-refractivity contribution is 0.403. The van der Waals surface area contributed by atoms with Gasteiger partial charge in [0, 0.05) is 27.3 Å². The molecule has 0 fully saturated rings. The van der Waals surface area contributed by atoms with E-state index in [2.05, 4.69) is 13.6 Å². The van der Waals surface area contributed by atoms with Gasteiger partial charge in [-0.15, -0.1) is 9.79 Å². The van der Waals surface area contributed by atoms with Crippen molar-refractivity contribution in [1.82, 2.24) is 0 Å². The van der Waals surface area contributed by atoms with E-state index in [0.29, 0.717) is 0 Å². The smallest absolute Gasteiger partial charge is 0.407 e. The molecule has 0 aliphatic rings. The number of hydrogen-bond donors (Lipinski definition) is 2. The van der Waals surface area contributed by atoms with E-state index >= 15 is 0 Å². The standard InChI is InChI=1S/C6H3O8P3/c7-15-12-4-1-5(13-16(8)9)3-6(2-4)14-17(10)11/h1-3H/p+2. The van der Waals surface area contributed by atoms with Crippen molar-refractivity contribution in [2.75, 3.05) is 0 Å². The quantitative estimate of drug-likeness (QED) is 0.768. The summed E-state index contributed by atoms with van der Waals surface area (Å²) < 4.78 is 44.6. The summed E-state index contributed by atoms with van der Waals surface area (Å²) in [4.78, 5) is 17.1. The molecule has 90 valence electrons. The SMILES string of the molecule is O=POc1cc(O[P+](=O)O)cc(O[P+](=O)O)c1. The molecule has 0 bridgehead atoms. The molecule has 0 amide bonds. The average molecular weight is 298 g/mol. The van der Waals surface area contributed by atoms with Gasteiger partial charge in [0.15, 0.2) is 11.5 Å². The lowest BCUT2D eigenvalue weighted by atomic mass is 10.3. The van der Waals surface area contributed by atoms with E-state index in [4.69, 9.17) is 9.79 Å². The fraction of sp³-hybridized carbons (Fsp3) is 0. The van der Waals surface area contributed by atoms with Crippen LogP contribution in [0, 0.1) is 0 Å². The zero-order valence-corrected chi connectivity index (χ0v) is 10.6. The third-order valence-electron chi connectivity index (χ3n) is 1.36. The number of benzene rings is 1. The Morgan fingerprint density at radius 1 is 0.941 bits per heavy atom. The van der Waals surface area contributed by atoms with E-state index in [1.54, 1.807) is 0 Å². The zero-order valence-electron chi connectivity index (χ0n) is 7.92. The first-order valence-corrected chi connectivity index (χ1v) is 6.83. The van der Waals surface area contributed by atoms with Gasteiger partial charge in [0.2, 0.25) is 0 Å². The molecule has 0 radical (unpaired) electrons. The second-order valence-corrected chi connectivity index (χ2v) is 4.11. The lowest BCUT2D eigenvalue weighted by Crippen LogP contribution is -1.86. The topological polar surface area (TPSA) is 119 Å². The molecule has 0 spiro atoms. The van der Waals surface area contributed by atoms with Crippen molar-refractivity contribution < 1.29 is 37.1 Å². The molecule has 2 unspecified atom stereocenters. The van der Waals surface area contributed by atoms with Crippen molar-refractivity contribution in [2.24, 2.45) is 0 Å². The van der Waals surface area contributed by atoms with Gasteiger partial charge in [-0.3, -0.25) is 0 Å². The van der Waals surface area contributed by atoms with Gasteiger partial charge in [-0.25, -0.2) is 13.6 Å². The summed E-state index contributed by atoms with van der Waals surface area (Å²) in [5.41, 5.74) is 0. The average Bonchev–Trinajstić information content (AvgIpc) is 2.14. The monoisotopic (exact) mass is 298 g/mol. The van der Waals surface area contributed by atoms with Crippen molar-refractivity contribution in [2.45, 2.75) is 0 Å². The third kappa shape index (κ3) is 5.13. The molecule has 11 heteroatoms. The van der Waals surface area contributed by atoms with Gasteiger partial charge in [0.05, 0.1) is 0 Å². The first-order chi connectivity index (χ1) is 8.01. The van der Waals surface area contributed by atoms with Gasteiger partial charge in [-0.1, -0.05) is 0 Å². The van der Waals surface area contributed by atoms with Crippen LogP contribution in [0.3, 0.4) is 0 Å². The fourth-order valence-corrected chi connectivity index (χ4v) is 1.69. The molecule has 0 saturated carbocycles. The molecule has 17 heavy (non-hydrogen) atoms. The van der Waals surface area contributed by atoms with Crippen molar-refractivity contribution in [3.63, 3.8) is 0 Å². The molecule has 8 nitrogen and oxygen atoms in total. The summed E-state index contributed by atoms with van der Waals surface area (Å²) in [6, 6.07) is 3.42. The molecular weight excluding hydrogens is 293 g/mol. The highest BCUT2D eigenvalue weighted by Crippen LogP contribution is 2.35. The van der Waals surface area contributed by atoms with Crippen molar-refractivity contribution in [3.05, 3.63) is 18.2 Å². The maximum absolute atomic E-state index is 10.4. The highest BCUT2D eigenvalue weighted by Gasteiger charge is 2.21. The Hall–Kier alpha value is -1.16. The summed E-state index contributed by atoms with van der Waals surface area (Å²) in [5.74, 6) is -0.300. The van der Waals surface area contributed by atoms with Crippen molar-refractivity contribution in [3.8, 4) is 17.2 Å². The molecule has 1 aromatic rings. The van der Waals surface area contributed by atoms with Crippen LogP contribution in [-0.2, 0) is 13.7 Å². The van der Waals surface area contributed by atoms with Crippen LogP contribution >= 0.6 is 25.2 Å². The lowest BCUT2D eigenvalue weighted by Gasteiger charge is -1.99. The van der Waals surface area contributed by atoms with Crippen LogP contribution in [0.1, 0.15) is 0 Å². The molecule has 0 aromatic heterocycles. The zero-order chi connectivity index (χ0) is 12.8. The van der Waals surface area contributed by atoms with Gasteiger partial charge >= 0.3 is 25.2 Å². The molecule has 2 atom stereocenters. The summed E-state index contributed by atoms with van der Waals surface area (Å²) in [6.45, 7) is 0. The Morgan fingerprint density at radius 2 is 1.35 bits per heavy atom. The van der Waals surface area contributed by atoms with E-state index in [1.807, 2.05) is 0 Å². The van der Waals surface area contributed by atoms with Gasteiger partial charge in [0.1, 0.15) is 5.75 Å². The highest BCUT2D eigenvalue weighted by atomic mass is 31.1. The summed E-state index contributed by atoms with van der Waals surface area (Å²) in [6.07, 6.45) is 0. The number of hydrogen-bond acceptors (Lipinski definition) is 6. The summed E-state index contributed by atoms with van der Waals surface area (Å²) in [7, 11) is -6.48. The Morgan fingerprint density at radius 3 is 1.71 bits per heavy atom. The van der Waals surface area contributed by atoms with Crippen LogP contribution in [0.2, 0.25) is 0 Å². The van der Waals surface area contributed by atoms with Crippen molar-refractivity contribution in [1.29, 1.82) is 0 Å². The first-order valence-electron chi connectivity index (χ1n) is 3.84. The maximum Gasteiger partial charge on any atom is 0.747 e. The highest BCUT2D eigenvalue weighted by molar-refractivity contribution is 7.32. The third-order valence-corrected chi connectivity index (χ3v) is 2.38. The predicted molar refractivity (Wildman–Crippen MR) is 55.6 cm³/mol. The molecule has 1 aromatic carbocycles. The van der Waals surface area contributed by atoms with E-state index in [9.17, 15) is 13.7 Å². The van der Waals surface area contributed by atoms with Gasteiger partial charge in [0.25, 0.3) is 0 Å². The van der Waals surface area contributed by atoms with Crippen LogP contribution in [0.5, 0.6) is 17.2 Å². The molecule has 2 N–H and O–H groups in total. The largest absolute Gasteiger partial charge is 0.747 e. The van der Waals surface area contributed by atoms with Crippen LogP contribution in [-0.4, -0.2) is 9.79 Å². The number of rotatable bonds is 6. The Kier molecular flexibility index (Phi) is 5.35. The Bertz CT molecular complexity index is 426. The Balaban J connectivity index is 3.03. The molecule has 0 heterocycles. The Labute approximate surface area is 98.3 Å². The van der Waals surface area contributed by atoms with Gasteiger partial charge in [-0.05, 0) is 0 Å². The minimum Gasteiger partial charge on any atom is -0.407 e. The first kappa shape index (κ1) is 13.9. The predicted octanol–water partition coefficient (Wildman–Crippen LogP) is 2.33. The molecular formula is C6H5O8P3+2. The second-order valence-electron chi connectivity index (χ2n) is 2.46. The van der Waals surface area contributed by atoms with Crippen LogP contribution in [0.4, 0.5) is 0 Å². The van der Waals surface area contributed by atoms with Crippen LogP contribution in [0.25, 0.3) is 0 Å². The summed E-state index contributed by atoms with van der Waals surface area (Å²) >= 11 is 0. The fourth-order valence-electron chi connectivity index (χ4n) is 0.927. The molecule has 1 rings (SSSR count). The van der Waals surface area contributed by atoms with Gasteiger partial charge < -0.3 is 4.52 Å². The van der Waals surface area contributed by atoms with Crippen LogP contribution in [0.15, 0.2) is 18.2 Å². The van der Waals surface area contributed by atoms with E-state index in [1.165, 1.54) is 0 Å². The van der Waals surface area contributed by atoms with E-state index in [-0.39, 0.29) is 17.2 Å². The molecule has 0 saturated heterocycles. The van der Waals surface area contributed by atoms with Crippen LogP contribution < -0.4 is 13.6 Å². The van der Waals surface area contributed by atoms with E-state index in [0.717, 1.165) is 18.2 Å². The molecule has 0 aliphatic carbocycles. The minimum atomic E-state index is -2.91. The van der Waals surface area contributed by atoms with Crippen molar-refractivity contribution >= 4 is 25.2 Å². The second kappa shape index (κ2) is 6.55. The molecule has 0 aliphatic heterocycles. The van der Waals surface area contributed by atoms with E-state index < -0.39 is 25.2 Å². The normalized spacial score (nSPS) is 11.9. The van der Waals surface area contributed by atoms with Gasteiger partial charge in [-0.2, -0.15) is 0 Å². The maximum atomic E-state index is 10.4.